The van der Waals surface area contributed by atoms with Crippen molar-refractivity contribution < 1.29 is 14.6 Å². The second kappa shape index (κ2) is 6.29. The van der Waals surface area contributed by atoms with E-state index in [4.69, 9.17) is 9.84 Å². The summed E-state index contributed by atoms with van der Waals surface area (Å²) in [6, 6.07) is 8.41. The van der Waals surface area contributed by atoms with Crippen molar-refractivity contribution >= 4 is 34.4 Å². The number of carboxylic acids is 1. The Morgan fingerprint density at radius 3 is 3.20 bits per heavy atom. The van der Waals surface area contributed by atoms with Crippen molar-refractivity contribution in [3.05, 3.63) is 47.9 Å². The molecule has 0 spiro atoms. The van der Waals surface area contributed by atoms with Gasteiger partial charge in [0.25, 0.3) is 0 Å². The van der Waals surface area contributed by atoms with E-state index < -0.39 is 5.97 Å². The number of aromatic nitrogens is 4. The highest BCUT2D eigenvalue weighted by molar-refractivity contribution is 7.99. The van der Waals surface area contributed by atoms with Crippen LogP contribution in [0.2, 0.25) is 0 Å². The largest absolute Gasteiger partial charge is 0.482 e. The van der Waals surface area contributed by atoms with Crippen molar-refractivity contribution in [1.82, 2.24) is 19.7 Å². The zero-order valence-corrected chi connectivity index (χ0v) is 14.3. The lowest BCUT2D eigenvalue weighted by molar-refractivity contribution is -0.133. The number of benzene rings is 1. The second-order valence-electron chi connectivity index (χ2n) is 5.80. The van der Waals surface area contributed by atoms with Crippen LogP contribution in [0.3, 0.4) is 0 Å². The average molecular weight is 356 g/mol. The number of nitrogens with zero attached hydrogens (tertiary/aromatic N) is 3. The van der Waals surface area contributed by atoms with Gasteiger partial charge in [0.2, 0.25) is 5.16 Å². The number of aliphatic carboxylic acids is 1. The lowest BCUT2D eigenvalue weighted by atomic mass is 10.1. The number of hydrogen-bond acceptors (Lipinski definition) is 5. The van der Waals surface area contributed by atoms with Gasteiger partial charge in [-0.3, -0.25) is 9.89 Å². The topological polar surface area (TPSA) is 93.0 Å². The van der Waals surface area contributed by atoms with Crippen molar-refractivity contribution in [3.8, 4) is 0 Å². The summed E-state index contributed by atoms with van der Waals surface area (Å²) >= 11 is 1.07. The first kappa shape index (κ1) is 15.8. The molecule has 25 heavy (non-hydrogen) atoms. The molecule has 0 aliphatic carbocycles. The fraction of sp³-hybridized carbons (Fsp3) is 0.235. The number of carboxylic acid groups (broad SMARTS) is 1. The minimum absolute atomic E-state index is 0.0557. The van der Waals surface area contributed by atoms with Gasteiger partial charge in [0.05, 0.1) is 5.75 Å². The molecule has 0 saturated heterocycles. The molecule has 1 aliphatic rings. The molecule has 3 heterocycles. The lowest BCUT2D eigenvalue weighted by Crippen LogP contribution is -1.98. The Morgan fingerprint density at radius 2 is 2.36 bits per heavy atom. The Bertz CT molecular complexity index is 975. The molecule has 3 aromatic rings. The third kappa shape index (κ3) is 3.12. The van der Waals surface area contributed by atoms with Crippen molar-refractivity contribution in [2.24, 2.45) is 7.05 Å². The van der Waals surface area contributed by atoms with E-state index >= 15 is 0 Å². The summed E-state index contributed by atoms with van der Waals surface area (Å²) in [4.78, 5) is 14.9. The van der Waals surface area contributed by atoms with Crippen LogP contribution in [0.4, 0.5) is 0 Å². The summed E-state index contributed by atoms with van der Waals surface area (Å²) in [5.41, 5.74) is 2.30. The molecule has 0 fully saturated rings. The Morgan fingerprint density at radius 1 is 1.48 bits per heavy atom. The van der Waals surface area contributed by atoms with E-state index in [1.54, 1.807) is 0 Å². The summed E-state index contributed by atoms with van der Waals surface area (Å²) in [6.45, 7) is 0. The zero-order chi connectivity index (χ0) is 17.4. The fourth-order valence-electron chi connectivity index (χ4n) is 2.87. The third-order valence-corrected chi connectivity index (χ3v) is 4.92. The molecule has 128 valence electrons. The van der Waals surface area contributed by atoms with Gasteiger partial charge in [-0.1, -0.05) is 17.8 Å². The summed E-state index contributed by atoms with van der Waals surface area (Å²) in [6.07, 6.45) is 4.72. The van der Waals surface area contributed by atoms with Crippen molar-refractivity contribution in [3.63, 3.8) is 0 Å². The summed E-state index contributed by atoms with van der Waals surface area (Å²) in [7, 11) is 2.03. The number of hydrogen-bond donors (Lipinski definition) is 2. The second-order valence-corrected chi connectivity index (χ2v) is 6.75. The molecule has 1 aromatic carbocycles. The molecule has 8 heteroatoms. The number of aromatic amines is 1. The highest BCUT2D eigenvalue weighted by Crippen LogP contribution is 2.36. The van der Waals surface area contributed by atoms with Crippen molar-refractivity contribution in [2.45, 2.75) is 17.7 Å². The van der Waals surface area contributed by atoms with Crippen molar-refractivity contribution in [1.29, 1.82) is 0 Å². The molecule has 1 unspecified atom stereocenters. The number of H-pyrrole nitrogens is 1. The number of carbonyl (C=O) groups is 1. The van der Waals surface area contributed by atoms with Crippen molar-refractivity contribution in [2.75, 3.05) is 5.75 Å². The molecule has 2 aromatic heterocycles. The van der Waals surface area contributed by atoms with Crippen LogP contribution in [0.25, 0.3) is 16.7 Å². The normalized spacial score (nSPS) is 16.8. The Hall–Kier alpha value is -2.74. The van der Waals surface area contributed by atoms with Gasteiger partial charge < -0.3 is 14.4 Å². The number of nitrogens with one attached hydrogen (secondary N) is 1. The van der Waals surface area contributed by atoms with E-state index in [1.165, 1.54) is 10.9 Å². The molecule has 0 radical (unpaired) electrons. The van der Waals surface area contributed by atoms with Gasteiger partial charge in [0.15, 0.2) is 11.6 Å². The van der Waals surface area contributed by atoms with Crippen LogP contribution in [0.5, 0.6) is 0 Å². The van der Waals surface area contributed by atoms with Gasteiger partial charge >= 0.3 is 5.97 Å². The van der Waals surface area contributed by atoms with Gasteiger partial charge in [-0.2, -0.15) is 4.98 Å². The van der Waals surface area contributed by atoms with Crippen LogP contribution in [0.15, 0.2) is 41.7 Å². The predicted octanol–water partition coefficient (Wildman–Crippen LogP) is 2.98. The lowest BCUT2D eigenvalue weighted by Gasteiger charge is -2.13. The molecule has 0 amide bonds. The SMILES string of the molecule is Cn1ccc2cc(C3CC=C(c4nc(SCC(=O)O)n[nH]4)O3)ccc21. The van der Waals surface area contributed by atoms with Crippen LogP contribution >= 0.6 is 11.8 Å². The first-order chi connectivity index (χ1) is 12.1. The first-order valence-corrected chi connectivity index (χ1v) is 8.78. The van der Waals surface area contributed by atoms with Gasteiger partial charge in [-0.25, -0.2) is 0 Å². The Labute approximate surface area is 147 Å². The van der Waals surface area contributed by atoms with Crippen LogP contribution < -0.4 is 0 Å². The van der Waals surface area contributed by atoms with E-state index in [-0.39, 0.29) is 11.9 Å². The van der Waals surface area contributed by atoms with Crippen LogP contribution in [-0.2, 0) is 16.6 Å². The maximum Gasteiger partial charge on any atom is 0.313 e. The molecule has 0 saturated carbocycles. The van der Waals surface area contributed by atoms with Crippen LogP contribution in [0.1, 0.15) is 23.9 Å². The maximum atomic E-state index is 10.6. The van der Waals surface area contributed by atoms with Gasteiger partial charge in [0.1, 0.15) is 6.10 Å². The van der Waals surface area contributed by atoms with E-state index in [9.17, 15) is 4.79 Å². The number of ether oxygens (including phenoxy) is 1. The number of fused-ring (bicyclic) bond motifs is 1. The molecular formula is C17H16N4O3S. The maximum absolute atomic E-state index is 10.6. The highest BCUT2D eigenvalue weighted by Gasteiger charge is 2.24. The number of aryl methyl sites for hydroxylation is 1. The molecular weight excluding hydrogens is 340 g/mol. The zero-order valence-electron chi connectivity index (χ0n) is 13.5. The number of thioether (sulfide) groups is 1. The minimum Gasteiger partial charge on any atom is -0.482 e. The van der Waals surface area contributed by atoms with Crippen LogP contribution in [-0.4, -0.2) is 36.6 Å². The van der Waals surface area contributed by atoms with E-state index in [0.29, 0.717) is 16.7 Å². The monoisotopic (exact) mass is 356 g/mol. The molecule has 4 rings (SSSR count). The quantitative estimate of drug-likeness (QED) is 0.683. The fourth-order valence-corrected chi connectivity index (χ4v) is 3.39. The predicted molar refractivity (Wildman–Crippen MR) is 94.1 cm³/mol. The van der Waals surface area contributed by atoms with Gasteiger partial charge in [-0.05, 0) is 35.2 Å². The summed E-state index contributed by atoms with van der Waals surface area (Å²) in [5, 5.41) is 17.1. The van der Waals surface area contributed by atoms with E-state index in [0.717, 1.165) is 23.7 Å². The van der Waals surface area contributed by atoms with Gasteiger partial charge in [0, 0.05) is 25.2 Å². The average Bonchev–Trinajstić information content (AvgIpc) is 3.32. The standard InChI is InChI=1S/C17H16N4O3S/c1-21-7-6-10-8-11(2-3-12(10)21)13-4-5-14(24-13)16-18-17(20-19-16)25-9-15(22)23/h2-3,5-8,13H,4,9H2,1H3,(H,22,23)(H,18,19,20). The number of rotatable bonds is 5. The highest BCUT2D eigenvalue weighted by atomic mass is 32.2. The molecule has 0 bridgehead atoms. The minimum atomic E-state index is -0.899. The molecule has 1 atom stereocenters. The molecule has 7 nitrogen and oxygen atoms in total. The van der Waals surface area contributed by atoms with Gasteiger partial charge in [-0.15, -0.1) is 5.10 Å². The smallest absolute Gasteiger partial charge is 0.313 e. The third-order valence-electron chi connectivity index (χ3n) is 4.09. The summed E-state index contributed by atoms with van der Waals surface area (Å²) in [5.74, 6) is 0.199. The Kier molecular flexibility index (Phi) is 3.96. The molecule has 2 N–H and O–H groups in total. The van der Waals surface area contributed by atoms with E-state index in [2.05, 4.69) is 44.0 Å². The van der Waals surface area contributed by atoms with E-state index in [1.807, 2.05) is 19.3 Å². The first-order valence-electron chi connectivity index (χ1n) is 7.79. The summed E-state index contributed by atoms with van der Waals surface area (Å²) < 4.78 is 8.11. The Balaban J connectivity index is 1.47. The molecule has 1 aliphatic heterocycles. The van der Waals surface area contributed by atoms with Crippen LogP contribution in [0, 0.1) is 0 Å².